The monoisotopic (exact) mass is 239 g/mol. The third kappa shape index (κ3) is 2.19. The summed E-state index contributed by atoms with van der Waals surface area (Å²) in [6.07, 6.45) is 0. The Morgan fingerprint density at radius 1 is 1.50 bits per heavy atom. The van der Waals surface area contributed by atoms with Crippen LogP contribution in [0.5, 0.6) is 0 Å². The number of benzene rings is 1. The van der Waals surface area contributed by atoms with Crippen molar-refractivity contribution < 1.29 is 4.74 Å². The third-order valence-electron chi connectivity index (χ3n) is 2.43. The SMILES string of the molecule is Cn1c(COCCN)nc2ccc(Cl)cc21. The third-order valence-corrected chi connectivity index (χ3v) is 2.66. The van der Waals surface area contributed by atoms with Gasteiger partial charge in [0.1, 0.15) is 12.4 Å². The first-order valence-corrected chi connectivity index (χ1v) is 5.49. The van der Waals surface area contributed by atoms with Crippen molar-refractivity contribution in [1.29, 1.82) is 0 Å². The zero-order valence-electron chi connectivity index (χ0n) is 9.11. The van der Waals surface area contributed by atoms with Crippen LogP contribution in [0.25, 0.3) is 11.0 Å². The average molecular weight is 240 g/mol. The highest BCUT2D eigenvalue weighted by Gasteiger charge is 2.07. The van der Waals surface area contributed by atoms with Gasteiger partial charge in [0.2, 0.25) is 0 Å². The Balaban J connectivity index is 2.29. The predicted octanol–water partition coefficient (Wildman–Crippen LogP) is 1.70. The number of rotatable bonds is 4. The predicted molar refractivity (Wildman–Crippen MR) is 64.4 cm³/mol. The molecule has 0 unspecified atom stereocenters. The summed E-state index contributed by atoms with van der Waals surface area (Å²) in [6.45, 7) is 1.54. The number of nitrogens with zero attached hydrogens (tertiary/aromatic N) is 2. The molecule has 1 aromatic carbocycles. The summed E-state index contributed by atoms with van der Waals surface area (Å²) in [5.74, 6) is 0.880. The van der Waals surface area contributed by atoms with Crippen LogP contribution in [0, 0.1) is 0 Å². The second-order valence-corrected chi connectivity index (χ2v) is 4.00. The summed E-state index contributed by atoms with van der Waals surface area (Å²) in [7, 11) is 1.95. The Kier molecular flexibility index (Phi) is 3.43. The Hall–Kier alpha value is -1.10. The largest absolute Gasteiger partial charge is 0.372 e. The molecule has 0 bridgehead atoms. The maximum absolute atomic E-state index is 5.94. The van der Waals surface area contributed by atoms with Gasteiger partial charge in [-0.3, -0.25) is 0 Å². The van der Waals surface area contributed by atoms with E-state index in [1.165, 1.54) is 0 Å². The summed E-state index contributed by atoms with van der Waals surface area (Å²) in [5.41, 5.74) is 7.30. The topological polar surface area (TPSA) is 53.1 Å². The lowest BCUT2D eigenvalue weighted by Gasteiger charge is -2.02. The van der Waals surface area contributed by atoms with Gasteiger partial charge in [0.05, 0.1) is 17.6 Å². The minimum atomic E-state index is 0.472. The Morgan fingerprint density at radius 2 is 2.31 bits per heavy atom. The number of fused-ring (bicyclic) bond motifs is 1. The molecule has 0 saturated heterocycles. The Morgan fingerprint density at radius 3 is 3.06 bits per heavy atom. The molecule has 0 amide bonds. The Labute approximate surface area is 99.0 Å². The normalized spacial score (nSPS) is 11.2. The maximum Gasteiger partial charge on any atom is 0.135 e. The van der Waals surface area contributed by atoms with Crippen LogP contribution in [0.3, 0.4) is 0 Å². The van der Waals surface area contributed by atoms with Crippen molar-refractivity contribution in [3.05, 3.63) is 29.0 Å². The molecule has 2 aromatic rings. The quantitative estimate of drug-likeness (QED) is 0.827. The molecule has 2 rings (SSSR count). The molecule has 0 spiro atoms. The molecule has 1 heterocycles. The van der Waals surface area contributed by atoms with Crippen LogP contribution < -0.4 is 5.73 Å². The van der Waals surface area contributed by atoms with E-state index in [4.69, 9.17) is 22.1 Å². The minimum absolute atomic E-state index is 0.472. The van der Waals surface area contributed by atoms with E-state index in [0.717, 1.165) is 16.9 Å². The molecule has 16 heavy (non-hydrogen) atoms. The molecule has 0 aliphatic rings. The lowest BCUT2D eigenvalue weighted by molar-refractivity contribution is 0.121. The van der Waals surface area contributed by atoms with Crippen molar-refractivity contribution in [2.24, 2.45) is 12.8 Å². The number of ether oxygens (including phenoxy) is 1. The average Bonchev–Trinajstić information content (AvgIpc) is 2.57. The van der Waals surface area contributed by atoms with Gasteiger partial charge in [-0.1, -0.05) is 11.6 Å². The van der Waals surface area contributed by atoms with Crippen LogP contribution in [0.15, 0.2) is 18.2 Å². The highest BCUT2D eigenvalue weighted by atomic mass is 35.5. The van der Waals surface area contributed by atoms with E-state index in [0.29, 0.717) is 24.8 Å². The van der Waals surface area contributed by atoms with Crippen LogP contribution >= 0.6 is 11.6 Å². The van der Waals surface area contributed by atoms with E-state index in [1.807, 2.05) is 29.8 Å². The first-order chi connectivity index (χ1) is 7.72. The zero-order valence-corrected chi connectivity index (χ0v) is 9.87. The van der Waals surface area contributed by atoms with Gasteiger partial charge in [-0.2, -0.15) is 0 Å². The molecule has 5 heteroatoms. The van der Waals surface area contributed by atoms with Crippen molar-refractivity contribution in [3.8, 4) is 0 Å². The molecular weight excluding hydrogens is 226 g/mol. The van der Waals surface area contributed by atoms with Gasteiger partial charge in [0.15, 0.2) is 0 Å². The van der Waals surface area contributed by atoms with Gasteiger partial charge in [-0.15, -0.1) is 0 Å². The number of hydrogen-bond acceptors (Lipinski definition) is 3. The van der Waals surface area contributed by atoms with Gasteiger partial charge >= 0.3 is 0 Å². The number of aromatic nitrogens is 2. The minimum Gasteiger partial charge on any atom is -0.372 e. The smallest absolute Gasteiger partial charge is 0.135 e. The molecule has 4 nitrogen and oxygen atoms in total. The summed E-state index contributed by atoms with van der Waals surface area (Å²) < 4.78 is 7.35. The lowest BCUT2D eigenvalue weighted by Crippen LogP contribution is -2.10. The summed E-state index contributed by atoms with van der Waals surface area (Å²) in [5, 5.41) is 0.713. The molecule has 0 aliphatic carbocycles. The second kappa shape index (κ2) is 4.82. The first kappa shape index (κ1) is 11.4. The molecule has 0 aliphatic heterocycles. The van der Waals surface area contributed by atoms with E-state index >= 15 is 0 Å². The van der Waals surface area contributed by atoms with Gasteiger partial charge in [-0.25, -0.2) is 4.98 Å². The van der Waals surface area contributed by atoms with Crippen molar-refractivity contribution >= 4 is 22.6 Å². The number of imidazole rings is 1. The summed E-state index contributed by atoms with van der Waals surface area (Å²) >= 11 is 5.94. The fourth-order valence-electron chi connectivity index (χ4n) is 1.59. The molecule has 2 N–H and O–H groups in total. The highest BCUT2D eigenvalue weighted by molar-refractivity contribution is 6.31. The first-order valence-electron chi connectivity index (χ1n) is 5.11. The second-order valence-electron chi connectivity index (χ2n) is 3.56. The summed E-state index contributed by atoms with van der Waals surface area (Å²) in [6, 6.07) is 5.64. The van der Waals surface area contributed by atoms with E-state index in [-0.39, 0.29) is 0 Å². The summed E-state index contributed by atoms with van der Waals surface area (Å²) in [4.78, 5) is 4.46. The van der Waals surface area contributed by atoms with Crippen LogP contribution in [-0.2, 0) is 18.4 Å². The lowest BCUT2D eigenvalue weighted by atomic mass is 10.3. The van der Waals surface area contributed by atoms with Crippen molar-refractivity contribution in [1.82, 2.24) is 9.55 Å². The zero-order chi connectivity index (χ0) is 11.5. The standard InChI is InChI=1S/C11H14ClN3O/c1-15-10-6-8(12)2-3-9(10)14-11(15)7-16-5-4-13/h2-3,6H,4-5,7,13H2,1H3. The fourth-order valence-corrected chi connectivity index (χ4v) is 1.76. The van der Waals surface area contributed by atoms with Crippen molar-refractivity contribution in [2.45, 2.75) is 6.61 Å². The number of aryl methyl sites for hydroxylation is 1. The van der Waals surface area contributed by atoms with Crippen LogP contribution in [-0.4, -0.2) is 22.7 Å². The van der Waals surface area contributed by atoms with E-state index in [2.05, 4.69) is 4.98 Å². The number of hydrogen-bond donors (Lipinski definition) is 1. The highest BCUT2D eigenvalue weighted by Crippen LogP contribution is 2.19. The fraction of sp³-hybridized carbons (Fsp3) is 0.364. The molecule has 0 saturated carbocycles. The van der Waals surface area contributed by atoms with E-state index in [1.54, 1.807) is 0 Å². The van der Waals surface area contributed by atoms with Gasteiger partial charge in [0.25, 0.3) is 0 Å². The van der Waals surface area contributed by atoms with Crippen LogP contribution in [0.4, 0.5) is 0 Å². The van der Waals surface area contributed by atoms with Gasteiger partial charge in [-0.05, 0) is 18.2 Å². The molecule has 0 radical (unpaired) electrons. The molecule has 86 valence electrons. The molecular formula is C11H14ClN3O. The van der Waals surface area contributed by atoms with Crippen molar-refractivity contribution in [2.75, 3.05) is 13.2 Å². The van der Waals surface area contributed by atoms with Crippen LogP contribution in [0.2, 0.25) is 5.02 Å². The molecule has 0 fully saturated rings. The molecule has 0 atom stereocenters. The van der Waals surface area contributed by atoms with Crippen molar-refractivity contribution in [3.63, 3.8) is 0 Å². The molecule has 1 aromatic heterocycles. The number of nitrogens with two attached hydrogens (primary N) is 1. The van der Waals surface area contributed by atoms with Crippen LogP contribution in [0.1, 0.15) is 5.82 Å². The van der Waals surface area contributed by atoms with Gasteiger partial charge in [0, 0.05) is 18.6 Å². The van der Waals surface area contributed by atoms with Gasteiger partial charge < -0.3 is 15.0 Å². The van der Waals surface area contributed by atoms with E-state index < -0.39 is 0 Å². The maximum atomic E-state index is 5.94. The Bertz CT molecular complexity index is 495. The number of halogens is 1. The van der Waals surface area contributed by atoms with E-state index in [9.17, 15) is 0 Å².